The van der Waals surface area contributed by atoms with E-state index >= 15 is 0 Å². The van der Waals surface area contributed by atoms with Crippen molar-refractivity contribution < 1.29 is 8.83 Å². The van der Waals surface area contributed by atoms with Crippen LogP contribution in [0.4, 0.5) is 34.1 Å². The van der Waals surface area contributed by atoms with Crippen molar-refractivity contribution in [1.82, 2.24) is 0 Å². The van der Waals surface area contributed by atoms with E-state index in [2.05, 4.69) is 362 Å². The SMILES string of the molecule is c1ccc(N(c2ccc(-c3ccc(-c4ccc5ccc(-c6cccc7c6sc6c(-c8ccccc8N(c8ccc(-c9ccc%10ccccc%10c9)cc8)c8cccc9oc%10ccccc%10c89)cccc67)cc5c4)cc3)cc2)c2cccc3oc4ccccc4c23)c(-c2cccc3c2sc2ccccc23)c1. The smallest absolute Gasteiger partial charge is 0.137 e. The van der Waals surface area contributed by atoms with Gasteiger partial charge in [-0.15, -0.1) is 22.7 Å². The van der Waals surface area contributed by atoms with Gasteiger partial charge < -0.3 is 18.6 Å². The van der Waals surface area contributed by atoms with Crippen molar-refractivity contribution in [2.75, 3.05) is 9.80 Å². The van der Waals surface area contributed by atoms with Gasteiger partial charge in [0.2, 0.25) is 0 Å². The summed E-state index contributed by atoms with van der Waals surface area (Å²) in [5.74, 6) is 0. The van der Waals surface area contributed by atoms with Crippen molar-refractivity contribution in [3.8, 4) is 66.8 Å². The van der Waals surface area contributed by atoms with Crippen LogP contribution in [0.15, 0.2) is 373 Å². The molecule has 0 saturated carbocycles. The van der Waals surface area contributed by atoms with E-state index in [1.807, 2.05) is 34.8 Å². The third-order valence-electron chi connectivity index (χ3n) is 21.1. The van der Waals surface area contributed by atoms with Crippen molar-refractivity contribution in [2.45, 2.75) is 0 Å². The zero-order chi connectivity index (χ0) is 68.3. The lowest BCUT2D eigenvalue weighted by Gasteiger charge is -2.29. The molecular weight excluding hydrogens is 1300 g/mol. The number of hydrogen-bond donors (Lipinski definition) is 0. The number of fused-ring (bicyclic) bond motifs is 14. The van der Waals surface area contributed by atoms with E-state index in [1.165, 1.54) is 101 Å². The number of anilines is 6. The molecule has 0 N–H and O–H groups in total. The van der Waals surface area contributed by atoms with E-state index < -0.39 is 0 Å². The van der Waals surface area contributed by atoms with Crippen molar-refractivity contribution in [3.05, 3.63) is 364 Å². The van der Waals surface area contributed by atoms with Crippen LogP contribution in [0.5, 0.6) is 0 Å². The average molecular weight is 1360 g/mol. The standard InChI is InChI=1S/C98H60N2O2S2/c1-2-19-67-58-68(47-44-61(67)18-1)65-52-56-73(57-53-65)100(88-34-17-38-92-95(88)84-24-6-11-36-90(84)102-92)86-32-9-4-21-76(86)79-27-15-30-82-81-29-13-25-74(96(81)104-98(79)82)70-49-46-66-45-48-69(59-71(66)60-70)64-42-40-62(41-43-64)63-50-54-72(55-51-63)99(87-33-16-37-91-94(87)83-23-5-10-35-89(83)101-91)85-31-8-3-20-75(85)78-26-14-28-80-77-22-7-12-39-93(77)103-97(78)80/h1-60H. The van der Waals surface area contributed by atoms with E-state index in [-0.39, 0.29) is 0 Å². The Labute approximate surface area is 607 Å². The molecule has 4 nitrogen and oxygen atoms in total. The highest BCUT2D eigenvalue weighted by Gasteiger charge is 2.27. The molecule has 4 heterocycles. The van der Waals surface area contributed by atoms with Crippen molar-refractivity contribution in [1.29, 1.82) is 0 Å². The summed E-state index contributed by atoms with van der Waals surface area (Å²) in [6.07, 6.45) is 0. The largest absolute Gasteiger partial charge is 0.456 e. The highest BCUT2D eigenvalue weighted by Crippen LogP contribution is 2.53. The van der Waals surface area contributed by atoms with Crippen LogP contribution in [-0.4, -0.2) is 0 Å². The number of thiophene rings is 2. The Balaban J connectivity index is 0.615. The summed E-state index contributed by atoms with van der Waals surface area (Å²) in [7, 11) is 0. The quantitative estimate of drug-likeness (QED) is 0.122. The van der Waals surface area contributed by atoms with E-state index in [4.69, 9.17) is 8.83 Å². The average Bonchev–Trinajstić information content (AvgIpc) is 1.45. The Bertz CT molecular complexity index is 7000. The van der Waals surface area contributed by atoms with Crippen LogP contribution < -0.4 is 9.80 Å². The molecule has 486 valence electrons. The molecule has 0 amide bonds. The topological polar surface area (TPSA) is 32.8 Å². The molecule has 0 unspecified atom stereocenters. The minimum absolute atomic E-state index is 0.852. The van der Waals surface area contributed by atoms with Gasteiger partial charge in [0.05, 0.1) is 33.5 Å². The molecule has 21 aromatic rings. The lowest BCUT2D eigenvalue weighted by atomic mass is 9.95. The van der Waals surface area contributed by atoms with Gasteiger partial charge in [-0.1, -0.05) is 267 Å². The number of hydrogen-bond acceptors (Lipinski definition) is 6. The van der Waals surface area contributed by atoms with Gasteiger partial charge in [-0.25, -0.2) is 0 Å². The van der Waals surface area contributed by atoms with Crippen LogP contribution in [0.25, 0.3) is 173 Å². The fourth-order valence-corrected chi connectivity index (χ4v) is 18.7. The van der Waals surface area contributed by atoms with Crippen LogP contribution in [0.1, 0.15) is 0 Å². The highest BCUT2D eigenvalue weighted by molar-refractivity contribution is 7.27. The molecule has 0 aliphatic heterocycles. The Morgan fingerprint density at radius 3 is 1.12 bits per heavy atom. The predicted molar refractivity (Wildman–Crippen MR) is 444 cm³/mol. The summed E-state index contributed by atoms with van der Waals surface area (Å²) >= 11 is 3.75. The van der Waals surface area contributed by atoms with Crippen LogP contribution >= 0.6 is 22.7 Å². The molecule has 21 rings (SSSR count). The Morgan fingerprint density at radius 1 is 0.202 bits per heavy atom. The van der Waals surface area contributed by atoms with Gasteiger partial charge in [-0.05, 0) is 163 Å². The Kier molecular flexibility index (Phi) is 14.0. The Morgan fingerprint density at radius 2 is 0.548 bits per heavy atom. The summed E-state index contributed by atoms with van der Waals surface area (Å²) in [5.41, 5.74) is 23.9. The van der Waals surface area contributed by atoms with Gasteiger partial charge in [0, 0.05) is 84.7 Å². The van der Waals surface area contributed by atoms with E-state index in [0.717, 1.165) is 106 Å². The minimum Gasteiger partial charge on any atom is -0.456 e. The zero-order valence-corrected chi connectivity index (χ0v) is 57.8. The first-order valence-corrected chi connectivity index (χ1v) is 37.0. The number of benzene rings is 17. The second-order valence-electron chi connectivity index (χ2n) is 27.0. The maximum atomic E-state index is 6.58. The normalized spacial score (nSPS) is 11.8. The number of nitrogens with zero attached hydrogens (tertiary/aromatic N) is 2. The summed E-state index contributed by atoms with van der Waals surface area (Å²) < 4.78 is 18.2. The molecule has 0 atom stereocenters. The summed E-state index contributed by atoms with van der Waals surface area (Å²) in [6.45, 7) is 0. The first-order valence-electron chi connectivity index (χ1n) is 35.3. The fourth-order valence-electron chi connectivity index (χ4n) is 16.1. The zero-order valence-electron chi connectivity index (χ0n) is 56.2. The molecular formula is C98H60N2O2S2. The first-order chi connectivity index (χ1) is 51.5. The van der Waals surface area contributed by atoms with Crippen molar-refractivity contribution >= 4 is 163 Å². The summed E-state index contributed by atoms with van der Waals surface area (Å²) in [5, 5.41) is 14.3. The van der Waals surface area contributed by atoms with Gasteiger partial charge in [-0.2, -0.15) is 0 Å². The molecule has 0 aliphatic carbocycles. The second kappa shape index (κ2) is 24.3. The van der Waals surface area contributed by atoms with Gasteiger partial charge in [0.1, 0.15) is 22.3 Å². The van der Waals surface area contributed by atoms with Gasteiger partial charge in [0.25, 0.3) is 0 Å². The number of rotatable bonds is 12. The molecule has 6 heteroatoms. The van der Waals surface area contributed by atoms with Gasteiger partial charge >= 0.3 is 0 Å². The molecule has 17 aromatic carbocycles. The number of furan rings is 2. The van der Waals surface area contributed by atoms with Gasteiger partial charge in [0.15, 0.2) is 0 Å². The maximum absolute atomic E-state index is 6.58. The van der Waals surface area contributed by atoms with Crippen LogP contribution in [-0.2, 0) is 0 Å². The third-order valence-corrected chi connectivity index (χ3v) is 23.6. The molecule has 0 fully saturated rings. The molecule has 4 aromatic heterocycles. The Hall–Kier alpha value is -13.1. The van der Waals surface area contributed by atoms with E-state index in [0.29, 0.717) is 0 Å². The van der Waals surface area contributed by atoms with E-state index in [9.17, 15) is 0 Å². The molecule has 0 bridgehead atoms. The maximum Gasteiger partial charge on any atom is 0.137 e. The molecule has 0 radical (unpaired) electrons. The predicted octanol–water partition coefficient (Wildman–Crippen LogP) is 29.5. The van der Waals surface area contributed by atoms with Crippen LogP contribution in [0, 0.1) is 0 Å². The third kappa shape index (κ3) is 9.86. The van der Waals surface area contributed by atoms with Crippen molar-refractivity contribution in [3.63, 3.8) is 0 Å². The first kappa shape index (κ1) is 59.7. The molecule has 104 heavy (non-hydrogen) atoms. The summed E-state index contributed by atoms with van der Waals surface area (Å²) in [4.78, 5) is 4.87. The van der Waals surface area contributed by atoms with E-state index in [1.54, 1.807) is 0 Å². The lowest BCUT2D eigenvalue weighted by molar-refractivity contribution is 0.668. The fraction of sp³-hybridized carbons (Fsp3) is 0. The monoisotopic (exact) mass is 1360 g/mol. The second-order valence-corrected chi connectivity index (χ2v) is 29.0. The molecule has 0 aliphatic rings. The molecule has 0 spiro atoms. The van der Waals surface area contributed by atoms with Crippen molar-refractivity contribution in [2.24, 2.45) is 0 Å². The number of para-hydroxylation sites is 4. The summed E-state index contributed by atoms with van der Waals surface area (Å²) in [6, 6.07) is 133. The molecule has 0 saturated heterocycles. The van der Waals surface area contributed by atoms with Gasteiger partial charge in [-0.3, -0.25) is 0 Å². The highest BCUT2D eigenvalue weighted by atomic mass is 32.1. The lowest BCUT2D eigenvalue weighted by Crippen LogP contribution is -2.11. The van der Waals surface area contributed by atoms with Crippen LogP contribution in [0.2, 0.25) is 0 Å². The van der Waals surface area contributed by atoms with Crippen LogP contribution in [0.3, 0.4) is 0 Å². The minimum atomic E-state index is 0.852.